The van der Waals surface area contributed by atoms with Crippen molar-refractivity contribution in [1.82, 2.24) is 4.31 Å². The SMILES string of the molecule is CN(c1ccc(C=O)cc1C(=O)Nc1ccc(SN2CCC(C3CCC3)CC2)cc1)S(C)=O. The first-order chi connectivity index (χ1) is 15.9. The lowest BCUT2D eigenvalue weighted by atomic mass is 9.72. The standard InChI is InChI=1S/C25H31N3O3S2/c1-27(33(2)31)24-11-6-18(17-29)16-23(24)25(30)26-21-7-9-22(10-8-21)32-28-14-12-20(13-15-28)19-4-3-5-19/h6-11,16-17,19-20H,3-5,12-15H2,1-2H3,(H,26,30). The van der Waals surface area contributed by atoms with Crippen LogP contribution in [0.1, 0.15) is 52.8 Å². The van der Waals surface area contributed by atoms with Crippen LogP contribution in [-0.4, -0.2) is 47.1 Å². The van der Waals surface area contributed by atoms with Gasteiger partial charge in [-0.25, -0.2) is 8.51 Å². The van der Waals surface area contributed by atoms with E-state index < -0.39 is 11.0 Å². The fraction of sp³-hybridized carbons (Fsp3) is 0.440. The lowest BCUT2D eigenvalue weighted by molar-refractivity contribution is 0.102. The summed E-state index contributed by atoms with van der Waals surface area (Å²) in [6, 6.07) is 12.6. The molecular formula is C25H31N3O3S2. The zero-order chi connectivity index (χ0) is 23.4. The molecule has 6 nitrogen and oxygen atoms in total. The van der Waals surface area contributed by atoms with E-state index in [1.54, 1.807) is 37.4 Å². The minimum absolute atomic E-state index is 0.310. The maximum Gasteiger partial charge on any atom is 0.257 e. The molecule has 1 N–H and O–H groups in total. The van der Waals surface area contributed by atoms with Gasteiger partial charge in [-0.05, 0) is 79.1 Å². The van der Waals surface area contributed by atoms with Crippen molar-refractivity contribution in [1.29, 1.82) is 0 Å². The van der Waals surface area contributed by atoms with Crippen LogP contribution in [0.4, 0.5) is 11.4 Å². The Kier molecular flexibility index (Phi) is 7.88. The van der Waals surface area contributed by atoms with Gasteiger partial charge in [-0.3, -0.25) is 13.9 Å². The first kappa shape index (κ1) is 24.0. The average molecular weight is 486 g/mol. The van der Waals surface area contributed by atoms with E-state index in [4.69, 9.17) is 0 Å². The lowest BCUT2D eigenvalue weighted by Gasteiger charge is -2.39. The number of nitrogens with zero attached hydrogens (tertiary/aromatic N) is 2. The number of benzene rings is 2. The number of amides is 1. The molecule has 1 unspecified atom stereocenters. The minimum atomic E-state index is -1.30. The highest BCUT2D eigenvalue weighted by Crippen LogP contribution is 2.40. The zero-order valence-corrected chi connectivity index (χ0v) is 20.8. The zero-order valence-electron chi connectivity index (χ0n) is 19.2. The van der Waals surface area contributed by atoms with Crippen molar-refractivity contribution in [3.63, 3.8) is 0 Å². The molecule has 33 heavy (non-hydrogen) atoms. The third kappa shape index (κ3) is 5.86. The largest absolute Gasteiger partial charge is 0.322 e. The predicted octanol–water partition coefficient (Wildman–Crippen LogP) is 5.00. The monoisotopic (exact) mass is 485 g/mol. The van der Waals surface area contributed by atoms with Crippen LogP contribution >= 0.6 is 11.9 Å². The van der Waals surface area contributed by atoms with Gasteiger partial charge in [-0.1, -0.05) is 19.3 Å². The van der Waals surface area contributed by atoms with Crippen molar-refractivity contribution in [2.24, 2.45) is 11.8 Å². The smallest absolute Gasteiger partial charge is 0.257 e. The van der Waals surface area contributed by atoms with Gasteiger partial charge < -0.3 is 5.32 Å². The molecule has 1 saturated heterocycles. The number of hydrogen-bond acceptors (Lipinski definition) is 5. The Bertz CT molecular complexity index is 1020. The second kappa shape index (κ2) is 10.8. The van der Waals surface area contributed by atoms with Gasteiger partial charge in [0.1, 0.15) is 17.3 Å². The van der Waals surface area contributed by atoms with Crippen molar-refractivity contribution in [3.8, 4) is 0 Å². The van der Waals surface area contributed by atoms with Crippen LogP contribution in [0.5, 0.6) is 0 Å². The summed E-state index contributed by atoms with van der Waals surface area (Å²) in [4.78, 5) is 25.3. The van der Waals surface area contributed by atoms with Crippen LogP contribution < -0.4 is 9.62 Å². The molecule has 1 saturated carbocycles. The molecule has 8 heteroatoms. The van der Waals surface area contributed by atoms with Gasteiger partial charge in [-0.15, -0.1) is 0 Å². The summed E-state index contributed by atoms with van der Waals surface area (Å²) < 4.78 is 15.9. The summed E-state index contributed by atoms with van der Waals surface area (Å²) in [5.41, 5.74) is 1.89. The Morgan fingerprint density at radius 1 is 1.09 bits per heavy atom. The highest BCUT2D eigenvalue weighted by molar-refractivity contribution is 7.97. The van der Waals surface area contributed by atoms with Crippen LogP contribution in [0, 0.1) is 11.8 Å². The molecule has 2 aliphatic rings. The Morgan fingerprint density at radius 3 is 2.33 bits per heavy atom. The molecule has 1 atom stereocenters. The number of carbonyl (C=O) groups is 2. The second-order valence-electron chi connectivity index (χ2n) is 8.84. The van der Waals surface area contributed by atoms with E-state index in [1.807, 2.05) is 24.3 Å². The topological polar surface area (TPSA) is 69.7 Å². The molecule has 0 aromatic heterocycles. The lowest BCUT2D eigenvalue weighted by Crippen LogP contribution is -2.34. The summed E-state index contributed by atoms with van der Waals surface area (Å²) >= 11 is 1.78. The molecule has 0 radical (unpaired) electrons. The van der Waals surface area contributed by atoms with E-state index in [0.717, 1.165) is 29.8 Å². The molecule has 2 fully saturated rings. The molecule has 2 aromatic carbocycles. The maximum atomic E-state index is 13.0. The van der Waals surface area contributed by atoms with Crippen LogP contribution in [-0.2, 0) is 11.0 Å². The third-order valence-electron chi connectivity index (χ3n) is 6.79. The molecule has 0 bridgehead atoms. The number of aldehydes is 1. The summed E-state index contributed by atoms with van der Waals surface area (Å²) in [5.74, 6) is 1.55. The molecule has 2 aromatic rings. The molecule has 1 heterocycles. The molecule has 4 rings (SSSR count). The molecule has 1 aliphatic carbocycles. The molecular weight excluding hydrogens is 454 g/mol. The summed E-state index contributed by atoms with van der Waals surface area (Å²) in [6.45, 7) is 2.26. The number of carbonyl (C=O) groups excluding carboxylic acids is 2. The first-order valence-corrected chi connectivity index (χ1v) is 13.7. The fourth-order valence-corrected chi connectivity index (χ4v) is 5.90. The van der Waals surface area contributed by atoms with Gasteiger partial charge in [0.15, 0.2) is 0 Å². The number of hydrogen-bond donors (Lipinski definition) is 1. The van der Waals surface area contributed by atoms with Crippen LogP contribution in [0.15, 0.2) is 47.4 Å². The van der Waals surface area contributed by atoms with Crippen molar-refractivity contribution in [2.45, 2.75) is 37.0 Å². The van der Waals surface area contributed by atoms with Gasteiger partial charge in [0.05, 0.1) is 11.3 Å². The van der Waals surface area contributed by atoms with Gasteiger partial charge in [0, 0.05) is 42.5 Å². The summed E-state index contributed by atoms with van der Waals surface area (Å²) in [6.07, 6.45) is 9.11. The normalized spacial score (nSPS) is 18.4. The van der Waals surface area contributed by atoms with Crippen molar-refractivity contribution in [3.05, 3.63) is 53.6 Å². The van der Waals surface area contributed by atoms with E-state index >= 15 is 0 Å². The molecule has 1 amide bonds. The summed E-state index contributed by atoms with van der Waals surface area (Å²) in [5, 5.41) is 2.90. The van der Waals surface area contributed by atoms with Gasteiger partial charge in [0.25, 0.3) is 5.91 Å². The predicted molar refractivity (Wildman–Crippen MR) is 136 cm³/mol. The van der Waals surface area contributed by atoms with Gasteiger partial charge in [0.2, 0.25) is 0 Å². The Hall–Kier alpha value is -2.16. The summed E-state index contributed by atoms with van der Waals surface area (Å²) in [7, 11) is 0.361. The van der Waals surface area contributed by atoms with Crippen molar-refractivity contribution < 1.29 is 13.8 Å². The maximum absolute atomic E-state index is 13.0. The Balaban J connectivity index is 1.37. The Labute approximate surface area is 202 Å². The highest BCUT2D eigenvalue weighted by atomic mass is 32.2. The molecule has 1 aliphatic heterocycles. The van der Waals surface area contributed by atoms with E-state index in [9.17, 15) is 13.8 Å². The first-order valence-electron chi connectivity index (χ1n) is 11.5. The highest BCUT2D eigenvalue weighted by Gasteiger charge is 2.30. The van der Waals surface area contributed by atoms with Gasteiger partial charge >= 0.3 is 0 Å². The van der Waals surface area contributed by atoms with Crippen molar-refractivity contribution >= 4 is 46.5 Å². The van der Waals surface area contributed by atoms with Crippen LogP contribution in [0.2, 0.25) is 0 Å². The number of anilines is 2. The third-order valence-corrected chi connectivity index (χ3v) is 8.86. The molecule has 0 spiro atoms. The van der Waals surface area contributed by atoms with Gasteiger partial charge in [-0.2, -0.15) is 0 Å². The number of nitrogens with one attached hydrogen (secondary N) is 1. The van der Waals surface area contributed by atoms with E-state index in [0.29, 0.717) is 28.8 Å². The van der Waals surface area contributed by atoms with Crippen LogP contribution in [0.3, 0.4) is 0 Å². The van der Waals surface area contributed by atoms with Crippen LogP contribution in [0.25, 0.3) is 0 Å². The van der Waals surface area contributed by atoms with E-state index in [-0.39, 0.29) is 5.91 Å². The fourth-order valence-electron chi connectivity index (χ4n) is 4.52. The number of rotatable bonds is 8. The second-order valence-corrected chi connectivity index (χ2v) is 11.4. The molecule has 176 valence electrons. The van der Waals surface area contributed by atoms with Crippen molar-refractivity contribution in [2.75, 3.05) is 36.0 Å². The minimum Gasteiger partial charge on any atom is -0.322 e. The quantitative estimate of drug-likeness (QED) is 0.421. The van der Waals surface area contributed by atoms with E-state index in [2.05, 4.69) is 9.62 Å². The van der Waals surface area contributed by atoms with E-state index in [1.165, 1.54) is 42.5 Å². The average Bonchev–Trinajstić information content (AvgIpc) is 2.79. The Morgan fingerprint density at radius 2 is 1.76 bits per heavy atom. The number of piperidine rings is 1.